The summed E-state index contributed by atoms with van der Waals surface area (Å²) in [5, 5.41) is 18.6. The lowest BCUT2D eigenvalue weighted by Crippen LogP contribution is -2.20. The molecule has 0 aliphatic carbocycles. The van der Waals surface area contributed by atoms with Gasteiger partial charge in [-0.25, -0.2) is 0 Å². The maximum Gasteiger partial charge on any atom is 0.112 e. The smallest absolute Gasteiger partial charge is 0.112 e. The van der Waals surface area contributed by atoms with Crippen LogP contribution >= 0.6 is 21.6 Å². The topological polar surface area (TPSA) is 40.5 Å². The zero-order valence-electron chi connectivity index (χ0n) is 6.56. The molecule has 1 rings (SSSR count). The lowest BCUT2D eigenvalue weighted by Gasteiger charge is -2.22. The van der Waals surface area contributed by atoms with E-state index in [9.17, 15) is 10.2 Å². The Kier molecular flexibility index (Phi) is 4.06. The normalized spacial score (nSPS) is 41.2. The van der Waals surface area contributed by atoms with Gasteiger partial charge in [-0.15, -0.1) is 0 Å². The Bertz CT molecular complexity index is 109. The maximum atomic E-state index is 9.37. The summed E-state index contributed by atoms with van der Waals surface area (Å²) in [4.78, 5) is 0. The standard InChI is InChI=1S/C7H14O2S2/c1-5-2-6(8)3-7(9)11-10-4-5/h5-9H,2-4H2,1H3. The van der Waals surface area contributed by atoms with Crippen molar-refractivity contribution in [2.75, 3.05) is 5.75 Å². The van der Waals surface area contributed by atoms with Gasteiger partial charge in [0, 0.05) is 12.2 Å². The van der Waals surface area contributed by atoms with Crippen molar-refractivity contribution in [3.8, 4) is 0 Å². The van der Waals surface area contributed by atoms with E-state index in [4.69, 9.17) is 0 Å². The molecular weight excluding hydrogens is 180 g/mol. The summed E-state index contributed by atoms with van der Waals surface area (Å²) in [6.45, 7) is 2.13. The highest BCUT2D eigenvalue weighted by Crippen LogP contribution is 2.33. The number of aliphatic hydroxyl groups excluding tert-OH is 2. The van der Waals surface area contributed by atoms with Gasteiger partial charge in [0.25, 0.3) is 0 Å². The zero-order chi connectivity index (χ0) is 8.27. The third-order valence-electron chi connectivity index (χ3n) is 1.68. The Morgan fingerprint density at radius 3 is 2.73 bits per heavy atom. The Labute approximate surface area is 75.2 Å². The fourth-order valence-corrected chi connectivity index (χ4v) is 3.68. The summed E-state index contributed by atoms with van der Waals surface area (Å²) in [6, 6.07) is 0. The molecule has 0 aromatic heterocycles. The largest absolute Gasteiger partial charge is 0.393 e. The molecule has 1 fully saturated rings. The van der Waals surface area contributed by atoms with Crippen LogP contribution < -0.4 is 0 Å². The summed E-state index contributed by atoms with van der Waals surface area (Å²) >= 11 is 0. The molecule has 11 heavy (non-hydrogen) atoms. The van der Waals surface area contributed by atoms with Crippen molar-refractivity contribution in [2.45, 2.75) is 31.3 Å². The fourth-order valence-electron chi connectivity index (χ4n) is 1.13. The van der Waals surface area contributed by atoms with Crippen LogP contribution in [0.1, 0.15) is 19.8 Å². The van der Waals surface area contributed by atoms with Crippen molar-refractivity contribution in [1.29, 1.82) is 0 Å². The van der Waals surface area contributed by atoms with Crippen LogP contribution in [0.3, 0.4) is 0 Å². The Morgan fingerprint density at radius 2 is 2.00 bits per heavy atom. The maximum absolute atomic E-state index is 9.37. The van der Waals surface area contributed by atoms with Gasteiger partial charge >= 0.3 is 0 Å². The molecule has 3 atom stereocenters. The lowest BCUT2D eigenvalue weighted by molar-refractivity contribution is 0.103. The highest BCUT2D eigenvalue weighted by atomic mass is 33.1. The van der Waals surface area contributed by atoms with E-state index < -0.39 is 0 Å². The fraction of sp³-hybridized carbons (Fsp3) is 1.00. The summed E-state index contributed by atoms with van der Waals surface area (Å²) in [5.74, 6) is 1.59. The molecule has 1 aliphatic rings. The molecule has 0 amide bonds. The first-order valence-corrected chi connectivity index (χ1v) is 6.21. The third kappa shape index (κ3) is 3.69. The SMILES string of the molecule is CC1CSSC(O)CC(O)C1. The van der Waals surface area contributed by atoms with E-state index in [1.165, 1.54) is 10.8 Å². The highest BCUT2D eigenvalue weighted by Gasteiger charge is 2.19. The minimum absolute atomic E-state index is 0.312. The van der Waals surface area contributed by atoms with Gasteiger partial charge in [-0.1, -0.05) is 28.5 Å². The first-order chi connectivity index (χ1) is 5.18. The Hall–Kier alpha value is 0.620. The van der Waals surface area contributed by atoms with Crippen molar-refractivity contribution in [3.63, 3.8) is 0 Å². The molecule has 1 aliphatic heterocycles. The molecule has 3 unspecified atom stereocenters. The zero-order valence-corrected chi connectivity index (χ0v) is 8.20. The van der Waals surface area contributed by atoms with Gasteiger partial charge in [-0.3, -0.25) is 0 Å². The molecule has 1 heterocycles. The highest BCUT2D eigenvalue weighted by molar-refractivity contribution is 8.76. The van der Waals surface area contributed by atoms with Crippen molar-refractivity contribution >= 4 is 21.6 Å². The van der Waals surface area contributed by atoms with Gasteiger partial charge in [0.05, 0.1) is 6.10 Å². The second-order valence-electron chi connectivity index (χ2n) is 3.07. The van der Waals surface area contributed by atoms with Crippen LogP contribution in [-0.2, 0) is 0 Å². The van der Waals surface area contributed by atoms with Crippen LogP contribution in [0.15, 0.2) is 0 Å². The number of hydrogen-bond donors (Lipinski definition) is 2. The van der Waals surface area contributed by atoms with E-state index in [0.717, 1.165) is 12.2 Å². The molecule has 0 saturated carbocycles. The van der Waals surface area contributed by atoms with Crippen LogP contribution in [0.25, 0.3) is 0 Å². The molecule has 0 aromatic carbocycles. The molecule has 66 valence electrons. The van der Waals surface area contributed by atoms with Gasteiger partial charge in [-0.05, 0) is 12.3 Å². The molecule has 4 heteroatoms. The predicted octanol–water partition coefficient (Wildman–Crippen LogP) is 1.48. The Morgan fingerprint density at radius 1 is 1.27 bits per heavy atom. The first kappa shape index (κ1) is 9.71. The van der Waals surface area contributed by atoms with Gasteiger partial charge in [0.15, 0.2) is 0 Å². The van der Waals surface area contributed by atoms with Crippen LogP contribution in [0, 0.1) is 5.92 Å². The first-order valence-electron chi connectivity index (χ1n) is 3.83. The number of rotatable bonds is 0. The molecule has 0 aromatic rings. The quantitative estimate of drug-likeness (QED) is 0.573. The van der Waals surface area contributed by atoms with E-state index in [-0.39, 0.29) is 11.5 Å². The number of hydrogen-bond acceptors (Lipinski definition) is 4. The van der Waals surface area contributed by atoms with Crippen molar-refractivity contribution in [3.05, 3.63) is 0 Å². The van der Waals surface area contributed by atoms with Crippen LogP contribution in [0.5, 0.6) is 0 Å². The Balaban J connectivity index is 2.34. The van der Waals surface area contributed by atoms with Crippen molar-refractivity contribution < 1.29 is 10.2 Å². The van der Waals surface area contributed by atoms with Gasteiger partial charge in [0.2, 0.25) is 0 Å². The third-order valence-corrected chi connectivity index (χ3v) is 4.42. The van der Waals surface area contributed by atoms with E-state index in [0.29, 0.717) is 12.3 Å². The van der Waals surface area contributed by atoms with E-state index in [2.05, 4.69) is 6.92 Å². The van der Waals surface area contributed by atoms with Crippen LogP contribution in [-0.4, -0.2) is 27.5 Å². The van der Waals surface area contributed by atoms with Gasteiger partial charge in [0.1, 0.15) is 5.44 Å². The average molecular weight is 194 g/mol. The van der Waals surface area contributed by atoms with E-state index >= 15 is 0 Å². The number of aliphatic hydroxyl groups is 2. The van der Waals surface area contributed by atoms with Crippen molar-refractivity contribution in [1.82, 2.24) is 0 Å². The molecule has 2 nitrogen and oxygen atoms in total. The predicted molar refractivity (Wildman–Crippen MR) is 50.5 cm³/mol. The molecule has 1 saturated heterocycles. The van der Waals surface area contributed by atoms with Crippen molar-refractivity contribution in [2.24, 2.45) is 5.92 Å². The monoisotopic (exact) mass is 194 g/mol. The second-order valence-corrected chi connectivity index (χ2v) is 5.66. The van der Waals surface area contributed by atoms with Gasteiger partial charge in [-0.2, -0.15) is 0 Å². The van der Waals surface area contributed by atoms with E-state index in [1.807, 2.05) is 0 Å². The molecule has 0 bridgehead atoms. The second kappa shape index (κ2) is 4.60. The lowest BCUT2D eigenvalue weighted by atomic mass is 10.0. The van der Waals surface area contributed by atoms with Crippen LogP contribution in [0.2, 0.25) is 0 Å². The summed E-state index contributed by atoms with van der Waals surface area (Å²) in [5.41, 5.74) is -0.387. The minimum Gasteiger partial charge on any atom is -0.393 e. The van der Waals surface area contributed by atoms with E-state index in [1.54, 1.807) is 10.8 Å². The summed E-state index contributed by atoms with van der Waals surface area (Å²) in [6.07, 6.45) is 1.03. The van der Waals surface area contributed by atoms with Crippen LogP contribution in [0.4, 0.5) is 0 Å². The summed E-state index contributed by atoms with van der Waals surface area (Å²) < 4.78 is 0. The minimum atomic E-state index is -0.387. The molecular formula is C7H14O2S2. The molecule has 0 radical (unpaired) electrons. The average Bonchev–Trinajstić information content (AvgIpc) is 1.83. The summed E-state index contributed by atoms with van der Waals surface area (Å²) in [7, 11) is 3.17. The molecule has 0 spiro atoms. The van der Waals surface area contributed by atoms with Gasteiger partial charge < -0.3 is 10.2 Å². The molecule has 2 N–H and O–H groups in total.